The largest absolute Gasteiger partial charge is 0.494 e. The molecule has 0 saturated carbocycles. The predicted octanol–water partition coefficient (Wildman–Crippen LogP) is 9.07. The molecule has 0 radical (unpaired) electrons. The van der Waals surface area contributed by atoms with Crippen molar-refractivity contribution in [2.24, 2.45) is 0 Å². The molecule has 1 aliphatic rings. The highest BCUT2D eigenvalue weighted by atomic mass is 16.7. The summed E-state index contributed by atoms with van der Waals surface area (Å²) in [6.07, 6.45) is 23.9. The Morgan fingerprint density at radius 2 is 1.62 bits per heavy atom. The van der Waals surface area contributed by atoms with Gasteiger partial charge in [-0.3, -0.25) is 9.78 Å². The van der Waals surface area contributed by atoms with Gasteiger partial charge in [-0.1, -0.05) is 69.2 Å². The summed E-state index contributed by atoms with van der Waals surface area (Å²) in [5.74, 6) is 0.802. The van der Waals surface area contributed by atoms with Gasteiger partial charge in [-0.15, -0.1) is 0 Å². The molecule has 1 saturated heterocycles. The van der Waals surface area contributed by atoms with E-state index in [1.54, 1.807) is 6.20 Å². The summed E-state index contributed by atoms with van der Waals surface area (Å²) in [5.41, 5.74) is 3.40. The van der Waals surface area contributed by atoms with E-state index in [9.17, 15) is 4.79 Å². The molecule has 6 nitrogen and oxygen atoms in total. The van der Waals surface area contributed by atoms with Gasteiger partial charge >= 0.3 is 5.97 Å². The molecule has 3 rings (SSSR count). The van der Waals surface area contributed by atoms with E-state index in [4.69, 9.17) is 18.9 Å². The van der Waals surface area contributed by atoms with E-state index in [0.717, 1.165) is 80.8 Å². The van der Waals surface area contributed by atoms with E-state index in [-0.39, 0.29) is 12.3 Å². The first kappa shape index (κ1) is 33.8. The molecule has 2 aromatic rings. The van der Waals surface area contributed by atoms with Crippen LogP contribution >= 0.6 is 0 Å². The number of unbranched alkanes of at least 4 members (excludes halogenated alkanes) is 10. The number of hydrogen-bond donors (Lipinski definition) is 0. The van der Waals surface area contributed by atoms with Crippen LogP contribution in [0.2, 0.25) is 0 Å². The van der Waals surface area contributed by atoms with E-state index >= 15 is 0 Å². The Kier molecular flexibility index (Phi) is 17.6. The number of rotatable bonds is 22. The summed E-state index contributed by atoms with van der Waals surface area (Å²) in [7, 11) is 0. The first-order chi connectivity index (χ1) is 20.8. The molecule has 42 heavy (non-hydrogen) atoms. The van der Waals surface area contributed by atoms with Crippen LogP contribution in [0.15, 0.2) is 54.9 Å². The van der Waals surface area contributed by atoms with Crippen molar-refractivity contribution in [1.82, 2.24) is 4.98 Å². The van der Waals surface area contributed by atoms with Crippen LogP contribution in [0.4, 0.5) is 0 Å². The van der Waals surface area contributed by atoms with Gasteiger partial charge in [0, 0.05) is 37.6 Å². The first-order valence-electron chi connectivity index (χ1n) is 16.5. The Hall–Kier alpha value is -2.70. The minimum absolute atomic E-state index is 0.0570. The number of carbonyl (C=O) groups is 1. The summed E-state index contributed by atoms with van der Waals surface area (Å²) >= 11 is 0. The topological polar surface area (TPSA) is 66.9 Å². The lowest BCUT2D eigenvalue weighted by molar-refractivity contribution is -0.162. The number of aromatic nitrogens is 1. The Morgan fingerprint density at radius 3 is 2.29 bits per heavy atom. The van der Waals surface area contributed by atoms with Gasteiger partial charge in [0.1, 0.15) is 5.75 Å². The number of ether oxygens (including phenoxy) is 4. The van der Waals surface area contributed by atoms with Crippen LogP contribution in [0.25, 0.3) is 5.57 Å². The lowest BCUT2D eigenvalue weighted by Gasteiger charge is -2.22. The molecule has 1 aromatic heterocycles. The van der Waals surface area contributed by atoms with Crippen LogP contribution < -0.4 is 4.74 Å². The molecule has 2 heterocycles. The average Bonchev–Trinajstić information content (AvgIpc) is 3.03. The second kappa shape index (κ2) is 21.9. The van der Waals surface area contributed by atoms with Crippen molar-refractivity contribution in [1.29, 1.82) is 0 Å². The molecule has 0 N–H and O–H groups in total. The Morgan fingerprint density at radius 1 is 0.881 bits per heavy atom. The van der Waals surface area contributed by atoms with Crippen LogP contribution in [-0.4, -0.2) is 43.7 Å². The summed E-state index contributed by atoms with van der Waals surface area (Å²) in [5, 5.41) is 0. The van der Waals surface area contributed by atoms with Crippen LogP contribution in [0.1, 0.15) is 121 Å². The van der Waals surface area contributed by atoms with Crippen molar-refractivity contribution >= 4 is 11.5 Å². The van der Waals surface area contributed by atoms with Gasteiger partial charge in [0.2, 0.25) is 0 Å². The summed E-state index contributed by atoms with van der Waals surface area (Å²) < 4.78 is 22.5. The number of nitrogens with zero attached hydrogens (tertiary/aromatic N) is 1. The van der Waals surface area contributed by atoms with Gasteiger partial charge in [0.05, 0.1) is 13.2 Å². The molecule has 1 fully saturated rings. The molecule has 0 aliphatic carbocycles. The maximum absolute atomic E-state index is 11.6. The van der Waals surface area contributed by atoms with E-state index in [2.05, 4.69) is 41.4 Å². The number of carbonyl (C=O) groups excluding carboxylic acids is 1. The highest BCUT2D eigenvalue weighted by Crippen LogP contribution is 2.26. The monoisotopic (exact) mass is 579 g/mol. The molecule has 1 atom stereocenters. The molecule has 1 aromatic carbocycles. The molecule has 1 aliphatic heterocycles. The fourth-order valence-electron chi connectivity index (χ4n) is 5.24. The minimum Gasteiger partial charge on any atom is -0.494 e. The average molecular weight is 580 g/mol. The van der Waals surface area contributed by atoms with Gasteiger partial charge in [-0.25, -0.2) is 0 Å². The van der Waals surface area contributed by atoms with Gasteiger partial charge in [0.15, 0.2) is 6.29 Å². The van der Waals surface area contributed by atoms with Gasteiger partial charge in [-0.05, 0) is 87.6 Å². The molecule has 232 valence electrons. The van der Waals surface area contributed by atoms with Gasteiger partial charge in [0.25, 0.3) is 0 Å². The zero-order valence-corrected chi connectivity index (χ0v) is 25.9. The van der Waals surface area contributed by atoms with Crippen LogP contribution in [0, 0.1) is 0 Å². The normalized spacial score (nSPS) is 15.5. The number of hydrogen-bond acceptors (Lipinski definition) is 6. The molecule has 6 heteroatoms. The molecule has 0 bridgehead atoms. The van der Waals surface area contributed by atoms with E-state index in [0.29, 0.717) is 13.0 Å². The molecular weight excluding hydrogens is 526 g/mol. The Balaban J connectivity index is 1.25. The third-order valence-corrected chi connectivity index (χ3v) is 7.63. The number of allylic oxidation sites excluding steroid dienone is 1. The van der Waals surface area contributed by atoms with Crippen molar-refractivity contribution in [3.63, 3.8) is 0 Å². The standard InChI is InChI=1S/C36H53NO5/c1-2-39-35(38)20-12-10-11-19-34(32-18-17-26-37-30-32)31-22-24-33(25-23-31)40-27-14-8-6-4-3-5-7-9-15-28-41-36-21-13-16-29-42-36/h17-19,22-26,30,36H,2-16,20-21,27-29H2,1H3/b34-19+. The lowest BCUT2D eigenvalue weighted by Crippen LogP contribution is -2.22. The number of pyridine rings is 1. The molecule has 0 amide bonds. The van der Waals surface area contributed by atoms with Crippen molar-refractivity contribution in [2.45, 2.75) is 116 Å². The van der Waals surface area contributed by atoms with Crippen molar-refractivity contribution in [2.75, 3.05) is 26.4 Å². The number of esters is 1. The van der Waals surface area contributed by atoms with Crippen LogP contribution in [-0.2, 0) is 19.0 Å². The predicted molar refractivity (Wildman–Crippen MR) is 169 cm³/mol. The van der Waals surface area contributed by atoms with E-state index in [1.807, 2.05) is 19.2 Å². The maximum atomic E-state index is 11.6. The zero-order valence-electron chi connectivity index (χ0n) is 25.9. The second-order valence-electron chi connectivity index (χ2n) is 11.1. The molecule has 1 unspecified atom stereocenters. The van der Waals surface area contributed by atoms with Gasteiger partial charge in [-0.2, -0.15) is 0 Å². The fraction of sp³-hybridized carbons (Fsp3) is 0.611. The first-order valence-corrected chi connectivity index (χ1v) is 16.5. The second-order valence-corrected chi connectivity index (χ2v) is 11.1. The lowest BCUT2D eigenvalue weighted by atomic mass is 9.97. The third-order valence-electron chi connectivity index (χ3n) is 7.63. The highest BCUT2D eigenvalue weighted by Gasteiger charge is 2.13. The Bertz CT molecular complexity index is 986. The summed E-state index contributed by atoms with van der Waals surface area (Å²) in [6.45, 7) is 4.75. The van der Waals surface area contributed by atoms with Crippen molar-refractivity contribution < 1.29 is 23.7 Å². The smallest absolute Gasteiger partial charge is 0.305 e. The SMILES string of the molecule is CCOC(=O)CCCC/C=C(\c1ccc(OCCCCCCCCCCCOC2CCCCO2)cc1)c1cccnc1. The zero-order chi connectivity index (χ0) is 29.5. The fourth-order valence-corrected chi connectivity index (χ4v) is 5.24. The van der Waals surface area contributed by atoms with Gasteiger partial charge < -0.3 is 18.9 Å². The van der Waals surface area contributed by atoms with Crippen molar-refractivity contribution in [3.05, 3.63) is 66.0 Å². The molecular formula is C36H53NO5. The summed E-state index contributed by atoms with van der Waals surface area (Å²) in [4.78, 5) is 15.9. The quantitative estimate of drug-likeness (QED) is 0.102. The minimum atomic E-state index is -0.113. The third kappa shape index (κ3) is 14.5. The Labute approximate surface area is 254 Å². The van der Waals surface area contributed by atoms with E-state index in [1.165, 1.54) is 57.8 Å². The van der Waals surface area contributed by atoms with Crippen LogP contribution in [0.3, 0.4) is 0 Å². The summed E-state index contributed by atoms with van der Waals surface area (Å²) in [6, 6.07) is 12.4. The highest BCUT2D eigenvalue weighted by molar-refractivity contribution is 5.79. The molecule has 0 spiro atoms. The van der Waals surface area contributed by atoms with E-state index < -0.39 is 0 Å². The van der Waals surface area contributed by atoms with Crippen molar-refractivity contribution in [3.8, 4) is 5.75 Å². The maximum Gasteiger partial charge on any atom is 0.305 e. The van der Waals surface area contributed by atoms with Crippen LogP contribution in [0.5, 0.6) is 5.75 Å². The number of benzene rings is 1.